The molecule has 26 heavy (non-hydrogen) atoms. The lowest BCUT2D eigenvalue weighted by Gasteiger charge is -2.19. The molecule has 0 saturated carbocycles. The first-order valence-electron chi connectivity index (χ1n) is 8.80. The molecule has 132 valence electrons. The quantitative estimate of drug-likeness (QED) is 0.711. The highest BCUT2D eigenvalue weighted by atomic mass is 16.2. The topological polar surface area (TPSA) is 55.2 Å². The molecule has 1 atom stereocenters. The molecule has 1 fully saturated rings. The van der Waals surface area contributed by atoms with Crippen molar-refractivity contribution in [1.82, 2.24) is 9.55 Å². The molecule has 5 heteroatoms. The first-order valence-corrected chi connectivity index (χ1v) is 8.80. The van der Waals surface area contributed by atoms with Gasteiger partial charge in [0.25, 0.3) is 0 Å². The monoisotopic (exact) mass is 347 g/mol. The number of fused-ring (bicyclic) bond motifs is 1. The Morgan fingerprint density at radius 2 is 1.81 bits per heavy atom. The third-order valence-corrected chi connectivity index (χ3v) is 5.28. The Morgan fingerprint density at radius 3 is 2.58 bits per heavy atom. The summed E-state index contributed by atoms with van der Waals surface area (Å²) in [5.74, 6) is -0.435. The van der Waals surface area contributed by atoms with Crippen LogP contribution in [0.1, 0.15) is 27.9 Å². The zero-order valence-corrected chi connectivity index (χ0v) is 15.2. The number of carbonyl (C=O) groups excluding carboxylic acids is 2. The van der Waals surface area contributed by atoms with Crippen LogP contribution >= 0.6 is 0 Å². The number of nitrogens with zero attached hydrogens (tertiary/aromatic N) is 3. The molecule has 1 aliphatic rings. The number of amides is 1. The van der Waals surface area contributed by atoms with Gasteiger partial charge in [0.2, 0.25) is 11.8 Å². The molecule has 0 aliphatic carbocycles. The third kappa shape index (κ3) is 2.60. The molecule has 1 aromatic heterocycles. The molecule has 2 heterocycles. The molecule has 1 amide bonds. The average Bonchev–Trinajstić information content (AvgIpc) is 3.19. The van der Waals surface area contributed by atoms with E-state index >= 15 is 0 Å². The number of benzene rings is 2. The number of imidazole rings is 1. The molecule has 0 N–H and O–H groups in total. The summed E-state index contributed by atoms with van der Waals surface area (Å²) in [7, 11) is 0. The molecule has 0 bridgehead atoms. The summed E-state index contributed by atoms with van der Waals surface area (Å²) in [4.78, 5) is 31.7. The summed E-state index contributed by atoms with van der Waals surface area (Å²) in [5, 5.41) is 0. The Kier molecular flexibility index (Phi) is 3.87. The van der Waals surface area contributed by atoms with Gasteiger partial charge < -0.3 is 4.90 Å². The molecule has 1 aliphatic heterocycles. The number of hydrogen-bond donors (Lipinski definition) is 0. The molecule has 1 saturated heterocycles. The van der Waals surface area contributed by atoms with Crippen molar-refractivity contribution in [2.75, 3.05) is 11.4 Å². The number of para-hydroxylation sites is 1. The number of anilines is 1. The molecule has 0 radical (unpaired) electrons. The van der Waals surface area contributed by atoms with E-state index in [1.54, 1.807) is 15.8 Å². The van der Waals surface area contributed by atoms with Crippen molar-refractivity contribution < 1.29 is 9.59 Å². The summed E-state index contributed by atoms with van der Waals surface area (Å²) in [6.07, 6.45) is 1.81. The van der Waals surface area contributed by atoms with E-state index in [9.17, 15) is 9.59 Å². The maximum atomic E-state index is 13.1. The lowest BCUT2D eigenvalue weighted by molar-refractivity contribution is -0.117. The molecular weight excluding hydrogens is 326 g/mol. The van der Waals surface area contributed by atoms with Gasteiger partial charge in [-0.25, -0.2) is 4.98 Å². The van der Waals surface area contributed by atoms with Gasteiger partial charge in [-0.15, -0.1) is 0 Å². The molecule has 2 aromatic carbocycles. The van der Waals surface area contributed by atoms with Gasteiger partial charge >= 0.3 is 0 Å². The van der Waals surface area contributed by atoms with Crippen molar-refractivity contribution >= 4 is 28.5 Å². The first kappa shape index (κ1) is 16.5. The van der Waals surface area contributed by atoms with Gasteiger partial charge in [0.05, 0.1) is 17.0 Å². The van der Waals surface area contributed by atoms with Gasteiger partial charge in [-0.05, 0) is 55.7 Å². The SMILES string of the molecule is Cc1cc2ncn(C(=O)C3CC(=O)N(c4ccccc4C)C3)c2cc1C. The average molecular weight is 347 g/mol. The zero-order valence-electron chi connectivity index (χ0n) is 15.2. The minimum atomic E-state index is -0.360. The van der Waals surface area contributed by atoms with Crippen LogP contribution in [0.5, 0.6) is 0 Å². The Morgan fingerprint density at radius 1 is 1.08 bits per heavy atom. The molecule has 4 rings (SSSR count). The van der Waals surface area contributed by atoms with Crippen LogP contribution in [0.2, 0.25) is 0 Å². The van der Waals surface area contributed by atoms with Crippen molar-refractivity contribution in [2.24, 2.45) is 5.92 Å². The highest BCUT2D eigenvalue weighted by Gasteiger charge is 2.36. The van der Waals surface area contributed by atoms with Crippen molar-refractivity contribution in [3.63, 3.8) is 0 Å². The summed E-state index contributed by atoms with van der Waals surface area (Å²) in [6.45, 7) is 6.44. The number of rotatable bonds is 2. The predicted octanol–water partition coefficient (Wildman–Crippen LogP) is 3.65. The molecular formula is C21H21N3O2. The summed E-state index contributed by atoms with van der Waals surface area (Å²) in [6, 6.07) is 11.8. The fourth-order valence-corrected chi connectivity index (χ4v) is 3.61. The number of hydrogen-bond acceptors (Lipinski definition) is 3. The second-order valence-corrected chi connectivity index (χ2v) is 7.07. The summed E-state index contributed by atoms with van der Waals surface area (Å²) < 4.78 is 1.60. The van der Waals surface area contributed by atoms with E-state index in [1.165, 1.54) is 0 Å². The van der Waals surface area contributed by atoms with Gasteiger partial charge in [-0.3, -0.25) is 14.2 Å². The number of carbonyl (C=O) groups is 2. The van der Waals surface area contributed by atoms with E-state index in [1.807, 2.05) is 57.2 Å². The van der Waals surface area contributed by atoms with E-state index in [0.717, 1.165) is 33.4 Å². The summed E-state index contributed by atoms with van der Waals surface area (Å²) in [5.41, 5.74) is 5.80. The zero-order chi connectivity index (χ0) is 18.4. The van der Waals surface area contributed by atoms with Crippen LogP contribution < -0.4 is 4.90 Å². The van der Waals surface area contributed by atoms with E-state index in [0.29, 0.717) is 6.54 Å². The standard InChI is InChI=1S/C21H21N3O2/c1-13-6-4-5-7-18(13)23-11-16(10-20(23)25)21(26)24-12-22-17-8-14(2)15(3)9-19(17)24/h4-9,12,16H,10-11H2,1-3H3. The Balaban J connectivity index is 1.65. The predicted molar refractivity (Wildman–Crippen MR) is 101 cm³/mol. The highest BCUT2D eigenvalue weighted by Crippen LogP contribution is 2.29. The highest BCUT2D eigenvalue weighted by molar-refractivity contribution is 6.02. The Hall–Kier alpha value is -2.95. The summed E-state index contributed by atoms with van der Waals surface area (Å²) >= 11 is 0. The largest absolute Gasteiger partial charge is 0.311 e. The molecule has 3 aromatic rings. The fourth-order valence-electron chi connectivity index (χ4n) is 3.61. The van der Waals surface area contributed by atoms with Crippen LogP contribution in [-0.4, -0.2) is 27.9 Å². The van der Waals surface area contributed by atoms with Crippen molar-refractivity contribution in [1.29, 1.82) is 0 Å². The molecule has 0 spiro atoms. The van der Waals surface area contributed by atoms with Crippen LogP contribution in [0.3, 0.4) is 0 Å². The van der Waals surface area contributed by atoms with Crippen LogP contribution in [0.4, 0.5) is 5.69 Å². The van der Waals surface area contributed by atoms with E-state index in [2.05, 4.69) is 4.98 Å². The van der Waals surface area contributed by atoms with E-state index < -0.39 is 0 Å². The van der Waals surface area contributed by atoms with Crippen LogP contribution in [0.15, 0.2) is 42.7 Å². The Bertz CT molecular complexity index is 1030. The second-order valence-electron chi connectivity index (χ2n) is 7.07. The lowest BCUT2D eigenvalue weighted by Crippen LogP contribution is -2.28. The van der Waals surface area contributed by atoms with Gasteiger partial charge in [-0.1, -0.05) is 18.2 Å². The fraction of sp³-hybridized carbons (Fsp3) is 0.286. The second kappa shape index (κ2) is 6.09. The smallest absolute Gasteiger partial charge is 0.237 e. The maximum absolute atomic E-state index is 13.1. The molecule has 1 unspecified atom stereocenters. The lowest BCUT2D eigenvalue weighted by atomic mass is 10.1. The van der Waals surface area contributed by atoms with Crippen molar-refractivity contribution in [2.45, 2.75) is 27.2 Å². The minimum absolute atomic E-state index is 0.00547. The van der Waals surface area contributed by atoms with Crippen LogP contribution in [-0.2, 0) is 4.79 Å². The van der Waals surface area contributed by atoms with Crippen LogP contribution in [0.25, 0.3) is 11.0 Å². The maximum Gasteiger partial charge on any atom is 0.237 e. The minimum Gasteiger partial charge on any atom is -0.311 e. The number of aromatic nitrogens is 2. The van der Waals surface area contributed by atoms with Gasteiger partial charge in [0.15, 0.2) is 0 Å². The molecule has 5 nitrogen and oxygen atoms in total. The Labute approximate surface area is 152 Å². The first-order chi connectivity index (χ1) is 12.5. The van der Waals surface area contributed by atoms with Gasteiger partial charge in [0, 0.05) is 18.7 Å². The van der Waals surface area contributed by atoms with Crippen LogP contribution in [0, 0.1) is 26.7 Å². The van der Waals surface area contributed by atoms with Gasteiger partial charge in [-0.2, -0.15) is 0 Å². The van der Waals surface area contributed by atoms with E-state index in [4.69, 9.17) is 0 Å². The van der Waals surface area contributed by atoms with Crippen molar-refractivity contribution in [3.05, 3.63) is 59.4 Å². The van der Waals surface area contributed by atoms with Gasteiger partial charge in [0.1, 0.15) is 6.33 Å². The number of aryl methyl sites for hydroxylation is 3. The third-order valence-electron chi connectivity index (χ3n) is 5.28. The van der Waals surface area contributed by atoms with Crippen molar-refractivity contribution in [3.8, 4) is 0 Å². The van der Waals surface area contributed by atoms with E-state index in [-0.39, 0.29) is 24.2 Å². The normalized spacial score (nSPS) is 17.3.